The van der Waals surface area contributed by atoms with Crippen molar-refractivity contribution in [2.45, 2.75) is 27.0 Å². The van der Waals surface area contributed by atoms with Gasteiger partial charge in [0.15, 0.2) is 11.5 Å². The molecule has 0 radical (unpaired) electrons. The smallest absolute Gasteiger partial charge is 0.293 e. The molecule has 0 atom stereocenters. The average molecular weight is 538 g/mol. The van der Waals surface area contributed by atoms with Crippen molar-refractivity contribution in [3.63, 3.8) is 0 Å². The van der Waals surface area contributed by atoms with Gasteiger partial charge < -0.3 is 9.47 Å². The van der Waals surface area contributed by atoms with Crippen molar-refractivity contribution < 1.29 is 19.1 Å². The highest BCUT2D eigenvalue weighted by molar-refractivity contribution is 9.10. The second-order valence-corrected chi connectivity index (χ2v) is 9.62. The van der Waals surface area contributed by atoms with Gasteiger partial charge in [0.1, 0.15) is 6.61 Å². The molecule has 7 heteroatoms. The molecule has 0 N–H and O–H groups in total. The number of aryl methyl sites for hydroxylation is 1. The predicted octanol–water partition coefficient (Wildman–Crippen LogP) is 6.97. The number of nitrogens with zero attached hydrogens (tertiary/aromatic N) is 1. The van der Waals surface area contributed by atoms with E-state index in [9.17, 15) is 9.59 Å². The summed E-state index contributed by atoms with van der Waals surface area (Å²) in [4.78, 5) is 27.1. The van der Waals surface area contributed by atoms with E-state index < -0.39 is 0 Å². The first-order chi connectivity index (χ1) is 16.4. The highest BCUT2D eigenvalue weighted by Gasteiger charge is 2.35. The molecule has 5 nitrogen and oxygen atoms in total. The van der Waals surface area contributed by atoms with Crippen LogP contribution in [0.1, 0.15) is 29.2 Å². The van der Waals surface area contributed by atoms with Crippen LogP contribution in [-0.4, -0.2) is 22.7 Å². The molecular formula is C27H24BrNO4S. The summed E-state index contributed by atoms with van der Waals surface area (Å²) < 4.78 is 12.7. The van der Waals surface area contributed by atoms with E-state index in [1.54, 1.807) is 6.08 Å². The van der Waals surface area contributed by atoms with Gasteiger partial charge in [-0.1, -0.05) is 70.0 Å². The zero-order valence-electron chi connectivity index (χ0n) is 18.9. The summed E-state index contributed by atoms with van der Waals surface area (Å²) in [6, 6.07) is 21.2. The van der Waals surface area contributed by atoms with E-state index in [1.165, 1.54) is 10.5 Å². The molecular weight excluding hydrogens is 514 g/mol. The molecule has 0 spiro atoms. The van der Waals surface area contributed by atoms with Crippen molar-refractivity contribution in [1.82, 2.24) is 4.90 Å². The fourth-order valence-corrected chi connectivity index (χ4v) is 4.80. The lowest BCUT2D eigenvalue weighted by atomic mass is 10.1. The number of imide groups is 1. The lowest BCUT2D eigenvalue weighted by molar-refractivity contribution is -0.123. The molecule has 1 aliphatic heterocycles. The Balaban J connectivity index is 1.51. The summed E-state index contributed by atoms with van der Waals surface area (Å²) in [7, 11) is 0. The van der Waals surface area contributed by atoms with Gasteiger partial charge in [0, 0.05) is 4.47 Å². The summed E-state index contributed by atoms with van der Waals surface area (Å²) in [6.07, 6.45) is 1.72. The maximum absolute atomic E-state index is 12.9. The van der Waals surface area contributed by atoms with E-state index in [0.717, 1.165) is 32.9 Å². The van der Waals surface area contributed by atoms with Crippen LogP contribution >= 0.6 is 27.7 Å². The van der Waals surface area contributed by atoms with Gasteiger partial charge in [-0.3, -0.25) is 14.5 Å². The summed E-state index contributed by atoms with van der Waals surface area (Å²) >= 11 is 4.42. The molecule has 0 bridgehead atoms. The normalized spacial score (nSPS) is 14.7. The molecule has 34 heavy (non-hydrogen) atoms. The van der Waals surface area contributed by atoms with Gasteiger partial charge >= 0.3 is 0 Å². The van der Waals surface area contributed by atoms with E-state index >= 15 is 0 Å². The number of ether oxygens (including phenoxy) is 2. The number of carbonyl (C=O) groups excluding carboxylic acids is 2. The number of hydrogen-bond acceptors (Lipinski definition) is 5. The highest BCUT2D eigenvalue weighted by Crippen LogP contribution is 2.36. The monoisotopic (exact) mass is 537 g/mol. The molecule has 2 amide bonds. The Morgan fingerprint density at radius 3 is 2.56 bits per heavy atom. The summed E-state index contributed by atoms with van der Waals surface area (Å²) in [5.41, 5.74) is 3.89. The number of benzene rings is 3. The molecule has 0 aliphatic carbocycles. The second kappa shape index (κ2) is 10.9. The number of carbonyl (C=O) groups is 2. The molecule has 1 fully saturated rings. The minimum Gasteiger partial charge on any atom is -0.490 e. The summed E-state index contributed by atoms with van der Waals surface area (Å²) in [6.45, 7) is 5.08. The van der Waals surface area contributed by atoms with Crippen molar-refractivity contribution in [2.75, 3.05) is 6.61 Å². The molecule has 1 saturated heterocycles. The third kappa shape index (κ3) is 5.72. The predicted molar refractivity (Wildman–Crippen MR) is 139 cm³/mol. The molecule has 0 aromatic heterocycles. The number of halogens is 1. The zero-order chi connectivity index (χ0) is 24.1. The SMILES string of the molecule is CCOc1cc(/C=C2\SC(=O)N(Cc3ccccc3Br)C2=O)ccc1OCc1cccc(C)c1. The van der Waals surface area contributed by atoms with Crippen molar-refractivity contribution in [3.8, 4) is 11.5 Å². The minimum atomic E-state index is -0.302. The maximum Gasteiger partial charge on any atom is 0.293 e. The number of hydrogen-bond donors (Lipinski definition) is 0. The third-order valence-corrected chi connectivity index (χ3v) is 6.88. The Hall–Kier alpha value is -3.03. The first-order valence-electron chi connectivity index (χ1n) is 10.9. The van der Waals surface area contributed by atoms with Crippen LogP contribution < -0.4 is 9.47 Å². The first kappa shape index (κ1) is 24.1. The second-order valence-electron chi connectivity index (χ2n) is 7.78. The van der Waals surface area contributed by atoms with Crippen LogP contribution in [0.3, 0.4) is 0 Å². The number of thioether (sulfide) groups is 1. The third-order valence-electron chi connectivity index (χ3n) is 5.20. The van der Waals surface area contributed by atoms with Gasteiger partial charge in [-0.05, 0) is 66.6 Å². The fraction of sp³-hybridized carbons (Fsp3) is 0.185. The van der Waals surface area contributed by atoms with Crippen LogP contribution in [0.25, 0.3) is 6.08 Å². The van der Waals surface area contributed by atoms with Crippen LogP contribution in [0.5, 0.6) is 11.5 Å². The van der Waals surface area contributed by atoms with Crippen molar-refractivity contribution in [3.05, 3.63) is 98.4 Å². The Kier molecular flexibility index (Phi) is 7.75. The topological polar surface area (TPSA) is 55.8 Å². The van der Waals surface area contributed by atoms with Crippen LogP contribution in [0.2, 0.25) is 0 Å². The van der Waals surface area contributed by atoms with Gasteiger partial charge in [0.25, 0.3) is 11.1 Å². The van der Waals surface area contributed by atoms with E-state index in [-0.39, 0.29) is 17.7 Å². The first-order valence-corrected chi connectivity index (χ1v) is 12.5. The number of amides is 2. The molecule has 1 heterocycles. The standard InChI is InChI=1S/C27H24BrNO4S/c1-3-32-24-14-19(11-12-23(24)33-17-20-8-6-7-18(2)13-20)15-25-26(30)29(27(31)34-25)16-21-9-4-5-10-22(21)28/h4-15H,3,16-17H2,1-2H3/b25-15-. The molecule has 0 saturated carbocycles. The van der Waals surface area contributed by atoms with E-state index in [1.807, 2.05) is 74.5 Å². The Labute approximate surface area is 211 Å². The van der Waals surface area contributed by atoms with Gasteiger partial charge in [-0.15, -0.1) is 0 Å². The Bertz CT molecular complexity index is 1260. The molecule has 3 aromatic carbocycles. The van der Waals surface area contributed by atoms with Crippen molar-refractivity contribution >= 4 is 44.9 Å². The van der Waals surface area contributed by atoms with Gasteiger partial charge in [-0.25, -0.2) is 0 Å². The molecule has 3 aromatic rings. The van der Waals surface area contributed by atoms with Gasteiger partial charge in [0.05, 0.1) is 18.1 Å². The van der Waals surface area contributed by atoms with Crippen molar-refractivity contribution in [2.24, 2.45) is 0 Å². The molecule has 0 unspecified atom stereocenters. The largest absolute Gasteiger partial charge is 0.490 e. The fourth-order valence-electron chi connectivity index (χ4n) is 3.55. The highest BCUT2D eigenvalue weighted by atomic mass is 79.9. The zero-order valence-corrected chi connectivity index (χ0v) is 21.3. The maximum atomic E-state index is 12.9. The van der Waals surface area contributed by atoms with Gasteiger partial charge in [-0.2, -0.15) is 0 Å². The van der Waals surface area contributed by atoms with Crippen LogP contribution in [0.4, 0.5) is 4.79 Å². The van der Waals surface area contributed by atoms with Crippen LogP contribution in [0, 0.1) is 6.92 Å². The van der Waals surface area contributed by atoms with E-state index in [2.05, 4.69) is 22.0 Å². The summed E-state index contributed by atoms with van der Waals surface area (Å²) in [5, 5.41) is -0.282. The number of rotatable bonds is 8. The van der Waals surface area contributed by atoms with Gasteiger partial charge in [0.2, 0.25) is 0 Å². The van der Waals surface area contributed by atoms with Crippen LogP contribution in [0.15, 0.2) is 76.1 Å². The quantitative estimate of drug-likeness (QED) is 0.290. The van der Waals surface area contributed by atoms with Crippen LogP contribution in [-0.2, 0) is 17.9 Å². The molecule has 4 rings (SSSR count). The lowest BCUT2D eigenvalue weighted by Crippen LogP contribution is -2.27. The average Bonchev–Trinajstić information content (AvgIpc) is 3.07. The Morgan fingerprint density at radius 1 is 0.971 bits per heavy atom. The summed E-state index contributed by atoms with van der Waals surface area (Å²) in [5.74, 6) is 0.919. The minimum absolute atomic E-state index is 0.222. The van der Waals surface area contributed by atoms with Crippen molar-refractivity contribution in [1.29, 1.82) is 0 Å². The molecule has 174 valence electrons. The molecule has 1 aliphatic rings. The Morgan fingerprint density at radius 2 is 1.79 bits per heavy atom. The lowest BCUT2D eigenvalue weighted by Gasteiger charge is -2.14. The van der Waals surface area contributed by atoms with E-state index in [4.69, 9.17) is 9.47 Å². The van der Waals surface area contributed by atoms with E-state index in [0.29, 0.717) is 29.6 Å².